The van der Waals surface area contributed by atoms with Crippen molar-refractivity contribution < 1.29 is 4.79 Å². The van der Waals surface area contributed by atoms with Crippen LogP contribution in [0.4, 0.5) is 11.4 Å². The molecule has 0 saturated carbocycles. The van der Waals surface area contributed by atoms with Crippen LogP contribution < -0.4 is 10.2 Å². The highest BCUT2D eigenvalue weighted by atomic mass is 16.1. The van der Waals surface area contributed by atoms with Crippen LogP contribution in [-0.4, -0.2) is 24.9 Å². The van der Waals surface area contributed by atoms with E-state index >= 15 is 0 Å². The van der Waals surface area contributed by atoms with Gasteiger partial charge in [-0.25, -0.2) is 0 Å². The second kappa shape index (κ2) is 7.82. The minimum atomic E-state index is 0.0622. The van der Waals surface area contributed by atoms with Crippen molar-refractivity contribution in [2.75, 3.05) is 23.3 Å². The molecule has 2 aromatic rings. The number of benzene rings is 2. The molecule has 2 rings (SSSR count). The van der Waals surface area contributed by atoms with Gasteiger partial charge in [-0.1, -0.05) is 0 Å². The van der Waals surface area contributed by atoms with Gasteiger partial charge in [0.2, 0.25) is 0 Å². The third-order valence-corrected chi connectivity index (χ3v) is 3.86. The Morgan fingerprint density at radius 1 is 0.913 bits per heavy atom. The van der Waals surface area contributed by atoms with Crippen molar-refractivity contribution in [3.8, 4) is 0 Å². The van der Waals surface area contributed by atoms with E-state index in [2.05, 4.69) is 37.9 Å². The molecule has 0 aliphatic heterocycles. The lowest BCUT2D eigenvalue weighted by Crippen LogP contribution is -2.21. The Bertz CT molecular complexity index is 626. The Morgan fingerprint density at radius 2 is 1.39 bits per heavy atom. The Kier molecular flexibility index (Phi) is 5.80. The summed E-state index contributed by atoms with van der Waals surface area (Å²) in [5, 5.41) is 3.33. The van der Waals surface area contributed by atoms with E-state index in [9.17, 15) is 4.79 Å². The molecule has 0 aromatic heterocycles. The fourth-order valence-electron chi connectivity index (χ4n) is 2.63. The summed E-state index contributed by atoms with van der Waals surface area (Å²) in [6, 6.07) is 15.9. The molecule has 0 aliphatic rings. The van der Waals surface area contributed by atoms with E-state index in [1.165, 1.54) is 0 Å². The number of hydrogen-bond donors (Lipinski definition) is 1. The van der Waals surface area contributed by atoms with E-state index in [1.54, 1.807) is 0 Å². The predicted octanol–water partition coefficient (Wildman–Crippen LogP) is 4.58. The van der Waals surface area contributed by atoms with Gasteiger partial charge in [-0.15, -0.1) is 0 Å². The summed E-state index contributed by atoms with van der Waals surface area (Å²) in [7, 11) is 0. The monoisotopic (exact) mass is 310 g/mol. The van der Waals surface area contributed by atoms with Crippen molar-refractivity contribution in [2.45, 2.75) is 33.7 Å². The molecule has 0 atom stereocenters. The van der Waals surface area contributed by atoms with Crippen molar-refractivity contribution in [3.05, 3.63) is 59.7 Å². The number of ketones is 1. The minimum absolute atomic E-state index is 0.0622. The van der Waals surface area contributed by atoms with Crippen LogP contribution in [0.5, 0.6) is 0 Å². The van der Waals surface area contributed by atoms with Gasteiger partial charge in [0.1, 0.15) is 0 Å². The summed E-state index contributed by atoms with van der Waals surface area (Å²) >= 11 is 0. The maximum Gasteiger partial charge on any atom is 0.193 e. The highest BCUT2D eigenvalue weighted by Crippen LogP contribution is 2.18. The number of carbonyl (C=O) groups is 1. The average molecular weight is 310 g/mol. The van der Waals surface area contributed by atoms with Gasteiger partial charge in [-0.2, -0.15) is 0 Å². The molecule has 0 heterocycles. The van der Waals surface area contributed by atoms with E-state index in [0.29, 0.717) is 6.04 Å². The highest BCUT2D eigenvalue weighted by Gasteiger charge is 2.10. The van der Waals surface area contributed by atoms with E-state index in [4.69, 9.17) is 0 Å². The maximum atomic E-state index is 12.6. The fraction of sp³-hybridized carbons (Fsp3) is 0.350. The number of nitrogens with one attached hydrogen (secondary N) is 1. The lowest BCUT2D eigenvalue weighted by molar-refractivity contribution is 0.103. The highest BCUT2D eigenvalue weighted by molar-refractivity contribution is 6.09. The predicted molar refractivity (Wildman–Crippen MR) is 98.6 cm³/mol. The minimum Gasteiger partial charge on any atom is -0.383 e. The van der Waals surface area contributed by atoms with Crippen molar-refractivity contribution in [1.82, 2.24) is 0 Å². The van der Waals surface area contributed by atoms with Crippen LogP contribution in [0, 0.1) is 0 Å². The molecule has 0 fully saturated rings. The van der Waals surface area contributed by atoms with Crippen LogP contribution in [0.2, 0.25) is 0 Å². The fourth-order valence-corrected chi connectivity index (χ4v) is 2.63. The van der Waals surface area contributed by atoms with Gasteiger partial charge < -0.3 is 10.2 Å². The first-order valence-corrected chi connectivity index (χ1v) is 8.31. The third-order valence-electron chi connectivity index (χ3n) is 3.86. The Hall–Kier alpha value is -2.29. The lowest BCUT2D eigenvalue weighted by Gasteiger charge is -2.21. The number of hydrogen-bond acceptors (Lipinski definition) is 3. The van der Waals surface area contributed by atoms with Gasteiger partial charge in [0, 0.05) is 41.6 Å². The molecular formula is C20H26N2O. The van der Waals surface area contributed by atoms with Crippen molar-refractivity contribution in [3.63, 3.8) is 0 Å². The van der Waals surface area contributed by atoms with Gasteiger partial charge in [0.15, 0.2) is 5.78 Å². The normalized spacial score (nSPS) is 10.7. The number of nitrogens with zero attached hydrogens (tertiary/aromatic N) is 1. The van der Waals surface area contributed by atoms with Crippen LogP contribution in [-0.2, 0) is 0 Å². The third kappa shape index (κ3) is 4.35. The summed E-state index contributed by atoms with van der Waals surface area (Å²) in [5.74, 6) is 0.0622. The summed E-state index contributed by atoms with van der Waals surface area (Å²) < 4.78 is 0. The zero-order valence-corrected chi connectivity index (χ0v) is 14.5. The molecule has 0 aliphatic carbocycles. The average Bonchev–Trinajstić information content (AvgIpc) is 2.56. The smallest absolute Gasteiger partial charge is 0.193 e. The van der Waals surface area contributed by atoms with Crippen LogP contribution >= 0.6 is 0 Å². The molecule has 0 saturated heterocycles. The van der Waals surface area contributed by atoms with Gasteiger partial charge in [-0.05, 0) is 76.2 Å². The quantitative estimate of drug-likeness (QED) is 0.759. The van der Waals surface area contributed by atoms with Crippen LogP contribution in [0.1, 0.15) is 43.6 Å². The molecule has 23 heavy (non-hydrogen) atoms. The van der Waals surface area contributed by atoms with Crippen LogP contribution in [0.15, 0.2) is 48.5 Å². The molecule has 0 unspecified atom stereocenters. The van der Waals surface area contributed by atoms with Gasteiger partial charge in [0.05, 0.1) is 0 Å². The summed E-state index contributed by atoms with van der Waals surface area (Å²) in [4.78, 5) is 14.8. The number of carbonyl (C=O) groups excluding carboxylic acids is 1. The standard InChI is InChI=1S/C20H26N2O/c1-5-22(6-2)19-13-9-17(10-14-19)20(23)16-7-11-18(12-8-16)21-15(3)4/h7-15,21H,5-6H2,1-4H3. The molecule has 1 N–H and O–H groups in total. The molecular weight excluding hydrogens is 284 g/mol. The van der Waals surface area contributed by atoms with Crippen LogP contribution in [0.3, 0.4) is 0 Å². The molecule has 0 spiro atoms. The summed E-state index contributed by atoms with van der Waals surface area (Å²) in [6.45, 7) is 10.4. The van der Waals surface area contributed by atoms with E-state index in [1.807, 2.05) is 48.5 Å². The Morgan fingerprint density at radius 3 is 1.83 bits per heavy atom. The number of rotatable bonds is 7. The van der Waals surface area contributed by atoms with Crippen LogP contribution in [0.25, 0.3) is 0 Å². The molecule has 2 aromatic carbocycles. The zero-order valence-electron chi connectivity index (χ0n) is 14.5. The van der Waals surface area contributed by atoms with E-state index < -0.39 is 0 Å². The first-order chi connectivity index (χ1) is 11.0. The largest absolute Gasteiger partial charge is 0.383 e. The van der Waals surface area contributed by atoms with E-state index in [-0.39, 0.29) is 5.78 Å². The molecule has 0 bridgehead atoms. The van der Waals surface area contributed by atoms with Crippen molar-refractivity contribution in [2.24, 2.45) is 0 Å². The van der Waals surface area contributed by atoms with Gasteiger partial charge in [-0.3, -0.25) is 4.79 Å². The molecule has 122 valence electrons. The van der Waals surface area contributed by atoms with Crippen molar-refractivity contribution in [1.29, 1.82) is 0 Å². The SMILES string of the molecule is CCN(CC)c1ccc(C(=O)c2ccc(NC(C)C)cc2)cc1. The lowest BCUT2D eigenvalue weighted by atomic mass is 10.0. The topological polar surface area (TPSA) is 32.3 Å². The maximum absolute atomic E-state index is 12.6. The molecule has 0 radical (unpaired) electrons. The second-order valence-electron chi connectivity index (χ2n) is 5.92. The first kappa shape index (κ1) is 17.1. The van der Waals surface area contributed by atoms with E-state index in [0.717, 1.165) is 35.6 Å². The van der Waals surface area contributed by atoms with Gasteiger partial charge in [0.25, 0.3) is 0 Å². The Labute approximate surface area is 139 Å². The second-order valence-corrected chi connectivity index (χ2v) is 5.92. The first-order valence-electron chi connectivity index (χ1n) is 8.31. The zero-order chi connectivity index (χ0) is 16.8. The molecule has 3 heteroatoms. The number of anilines is 2. The summed E-state index contributed by atoms with van der Waals surface area (Å²) in [6.07, 6.45) is 0. The Balaban J connectivity index is 2.13. The van der Waals surface area contributed by atoms with Gasteiger partial charge >= 0.3 is 0 Å². The summed E-state index contributed by atoms with van der Waals surface area (Å²) in [5.41, 5.74) is 3.64. The van der Waals surface area contributed by atoms with Crippen molar-refractivity contribution >= 4 is 17.2 Å². The molecule has 0 amide bonds. The molecule has 3 nitrogen and oxygen atoms in total.